The fourth-order valence-corrected chi connectivity index (χ4v) is 2.70. The van der Waals surface area contributed by atoms with Gasteiger partial charge in [0.2, 0.25) is 11.8 Å². The van der Waals surface area contributed by atoms with Gasteiger partial charge in [0.05, 0.1) is 24.1 Å². The van der Waals surface area contributed by atoms with Crippen molar-refractivity contribution >= 4 is 35.0 Å². The van der Waals surface area contributed by atoms with E-state index in [1.54, 1.807) is 36.7 Å². The summed E-state index contributed by atoms with van der Waals surface area (Å²) >= 11 is 7.08. The maximum absolute atomic E-state index is 12.1. The highest BCUT2D eigenvalue weighted by Crippen LogP contribution is 2.28. The van der Waals surface area contributed by atoms with Crippen LogP contribution in [0.1, 0.15) is 0 Å². The van der Waals surface area contributed by atoms with Crippen molar-refractivity contribution < 1.29 is 13.9 Å². The van der Waals surface area contributed by atoms with Crippen LogP contribution in [0.4, 0.5) is 5.69 Å². The third-order valence-electron chi connectivity index (χ3n) is 3.08. The number of pyridine rings is 1. The topological polar surface area (TPSA) is 90.1 Å². The number of hydrogen-bond acceptors (Lipinski definition) is 7. The maximum Gasteiger partial charge on any atom is 0.277 e. The lowest BCUT2D eigenvalue weighted by atomic mass is 10.3. The summed E-state index contributed by atoms with van der Waals surface area (Å²) in [5.41, 5.74) is 1.22. The summed E-state index contributed by atoms with van der Waals surface area (Å²) in [6.45, 7) is 0. The molecule has 128 valence electrons. The van der Waals surface area contributed by atoms with Crippen LogP contribution in [0.3, 0.4) is 0 Å². The Morgan fingerprint density at radius 1 is 1.36 bits per heavy atom. The number of anilines is 1. The maximum atomic E-state index is 12.1. The first-order valence-electron chi connectivity index (χ1n) is 7.16. The molecular formula is C16H13ClN4O3S. The SMILES string of the molecule is COc1ccc(Cl)cc1NC(=O)CSc1nnc(-c2cccnc2)o1. The second-order valence-corrected chi connectivity index (χ2v) is 6.16. The molecule has 2 aromatic heterocycles. The number of ether oxygens (including phenoxy) is 1. The van der Waals surface area contributed by atoms with E-state index >= 15 is 0 Å². The first kappa shape index (κ1) is 17.2. The first-order valence-corrected chi connectivity index (χ1v) is 8.52. The van der Waals surface area contributed by atoms with Crippen molar-refractivity contribution in [3.63, 3.8) is 0 Å². The molecule has 0 saturated carbocycles. The molecule has 0 saturated heterocycles. The Bertz CT molecular complexity index is 873. The summed E-state index contributed by atoms with van der Waals surface area (Å²) in [5.74, 6) is 0.739. The quantitative estimate of drug-likeness (QED) is 0.658. The average molecular weight is 377 g/mol. The van der Waals surface area contributed by atoms with Crippen LogP contribution in [-0.4, -0.2) is 34.0 Å². The van der Waals surface area contributed by atoms with Crippen molar-refractivity contribution in [2.45, 2.75) is 5.22 Å². The number of methoxy groups -OCH3 is 1. The van der Waals surface area contributed by atoms with Gasteiger partial charge in [0.1, 0.15) is 5.75 Å². The Hall–Kier alpha value is -2.58. The monoisotopic (exact) mass is 376 g/mol. The summed E-state index contributed by atoms with van der Waals surface area (Å²) in [6, 6.07) is 8.58. The van der Waals surface area contributed by atoms with Gasteiger partial charge in [-0.15, -0.1) is 10.2 Å². The molecule has 25 heavy (non-hydrogen) atoms. The Morgan fingerprint density at radius 3 is 3.00 bits per heavy atom. The van der Waals surface area contributed by atoms with Gasteiger partial charge >= 0.3 is 0 Å². The number of carbonyl (C=O) groups is 1. The van der Waals surface area contributed by atoms with Gasteiger partial charge in [-0.1, -0.05) is 23.4 Å². The highest BCUT2D eigenvalue weighted by Gasteiger charge is 2.13. The van der Waals surface area contributed by atoms with Gasteiger partial charge < -0.3 is 14.5 Å². The van der Waals surface area contributed by atoms with Crippen LogP contribution in [0.15, 0.2) is 52.4 Å². The lowest BCUT2D eigenvalue weighted by Gasteiger charge is -2.09. The minimum absolute atomic E-state index is 0.102. The Morgan fingerprint density at radius 2 is 2.24 bits per heavy atom. The largest absolute Gasteiger partial charge is 0.495 e. The molecule has 0 radical (unpaired) electrons. The number of thioether (sulfide) groups is 1. The number of nitrogens with one attached hydrogen (secondary N) is 1. The molecule has 1 N–H and O–H groups in total. The number of hydrogen-bond donors (Lipinski definition) is 1. The molecule has 1 amide bonds. The molecule has 2 heterocycles. The van der Waals surface area contributed by atoms with E-state index in [-0.39, 0.29) is 11.7 Å². The molecule has 0 bridgehead atoms. The zero-order valence-electron chi connectivity index (χ0n) is 13.1. The molecular weight excluding hydrogens is 364 g/mol. The summed E-state index contributed by atoms with van der Waals surface area (Å²) in [4.78, 5) is 16.1. The number of halogens is 1. The Balaban J connectivity index is 1.60. The summed E-state index contributed by atoms with van der Waals surface area (Å²) in [7, 11) is 1.52. The minimum atomic E-state index is -0.244. The predicted octanol–water partition coefficient (Wildman–Crippen LogP) is 3.52. The molecule has 0 aliphatic heterocycles. The van der Waals surface area contributed by atoms with E-state index in [0.717, 1.165) is 17.3 Å². The number of aromatic nitrogens is 3. The minimum Gasteiger partial charge on any atom is -0.495 e. The Labute approximate surface area is 152 Å². The summed E-state index contributed by atoms with van der Waals surface area (Å²) < 4.78 is 10.7. The number of rotatable bonds is 6. The van der Waals surface area contributed by atoms with Gasteiger partial charge in [0, 0.05) is 17.4 Å². The fourth-order valence-electron chi connectivity index (χ4n) is 1.97. The molecule has 9 heteroatoms. The number of amides is 1. The molecule has 0 aliphatic carbocycles. The third kappa shape index (κ3) is 4.49. The van der Waals surface area contributed by atoms with Crippen molar-refractivity contribution in [3.8, 4) is 17.2 Å². The van der Waals surface area contributed by atoms with Gasteiger partial charge in [-0.05, 0) is 30.3 Å². The van der Waals surface area contributed by atoms with E-state index in [4.69, 9.17) is 20.8 Å². The van der Waals surface area contributed by atoms with Crippen LogP contribution in [0.25, 0.3) is 11.5 Å². The second-order valence-electron chi connectivity index (χ2n) is 4.80. The van der Waals surface area contributed by atoms with Crippen LogP contribution in [0.2, 0.25) is 5.02 Å². The van der Waals surface area contributed by atoms with Crippen LogP contribution >= 0.6 is 23.4 Å². The molecule has 1 aromatic carbocycles. The number of carbonyl (C=O) groups excluding carboxylic acids is 1. The van der Waals surface area contributed by atoms with Crippen molar-refractivity contribution in [2.24, 2.45) is 0 Å². The van der Waals surface area contributed by atoms with Crippen molar-refractivity contribution in [2.75, 3.05) is 18.2 Å². The van der Waals surface area contributed by atoms with Crippen molar-refractivity contribution in [1.29, 1.82) is 0 Å². The van der Waals surface area contributed by atoms with Gasteiger partial charge in [-0.25, -0.2) is 0 Å². The lowest BCUT2D eigenvalue weighted by molar-refractivity contribution is -0.113. The van der Waals surface area contributed by atoms with E-state index in [0.29, 0.717) is 27.6 Å². The average Bonchev–Trinajstić information content (AvgIpc) is 3.10. The molecule has 0 aliphatic rings. The van der Waals surface area contributed by atoms with E-state index in [1.807, 2.05) is 6.07 Å². The van der Waals surface area contributed by atoms with E-state index < -0.39 is 0 Å². The van der Waals surface area contributed by atoms with Crippen LogP contribution in [0, 0.1) is 0 Å². The normalized spacial score (nSPS) is 10.5. The zero-order valence-corrected chi connectivity index (χ0v) is 14.7. The molecule has 3 rings (SSSR count). The van der Waals surface area contributed by atoms with Crippen LogP contribution in [-0.2, 0) is 4.79 Å². The second kappa shape index (κ2) is 8.00. The first-order chi connectivity index (χ1) is 12.2. The molecule has 0 fully saturated rings. The highest BCUT2D eigenvalue weighted by molar-refractivity contribution is 7.99. The standard InChI is InChI=1S/C16H13ClN4O3S/c1-23-13-5-4-11(17)7-12(13)19-14(22)9-25-16-21-20-15(24-16)10-3-2-6-18-8-10/h2-8H,9H2,1H3,(H,19,22). The van der Waals surface area contributed by atoms with E-state index in [2.05, 4.69) is 20.5 Å². The number of nitrogens with zero attached hydrogens (tertiary/aromatic N) is 3. The third-order valence-corrected chi connectivity index (χ3v) is 4.13. The fraction of sp³-hybridized carbons (Fsp3) is 0.125. The summed E-state index contributed by atoms with van der Waals surface area (Å²) in [5, 5.41) is 11.4. The van der Waals surface area contributed by atoms with Crippen LogP contribution in [0.5, 0.6) is 5.75 Å². The van der Waals surface area contributed by atoms with Gasteiger partial charge in [-0.3, -0.25) is 9.78 Å². The smallest absolute Gasteiger partial charge is 0.277 e. The zero-order chi connectivity index (χ0) is 17.6. The molecule has 0 spiro atoms. The lowest BCUT2D eigenvalue weighted by Crippen LogP contribution is -2.14. The number of benzene rings is 1. The molecule has 0 unspecified atom stereocenters. The predicted molar refractivity (Wildman–Crippen MR) is 94.9 cm³/mol. The summed E-state index contributed by atoms with van der Waals surface area (Å²) in [6.07, 6.45) is 3.28. The van der Waals surface area contributed by atoms with Crippen LogP contribution < -0.4 is 10.1 Å². The molecule has 3 aromatic rings. The van der Waals surface area contributed by atoms with E-state index in [9.17, 15) is 4.79 Å². The van der Waals surface area contributed by atoms with Crippen molar-refractivity contribution in [1.82, 2.24) is 15.2 Å². The molecule has 7 nitrogen and oxygen atoms in total. The Kier molecular flexibility index (Phi) is 5.52. The highest BCUT2D eigenvalue weighted by atomic mass is 35.5. The van der Waals surface area contributed by atoms with Gasteiger partial charge in [-0.2, -0.15) is 0 Å². The van der Waals surface area contributed by atoms with Crippen molar-refractivity contribution in [3.05, 3.63) is 47.7 Å². The van der Waals surface area contributed by atoms with Gasteiger partial charge in [0.15, 0.2) is 0 Å². The van der Waals surface area contributed by atoms with Gasteiger partial charge in [0.25, 0.3) is 5.22 Å². The van der Waals surface area contributed by atoms with E-state index in [1.165, 1.54) is 7.11 Å². The molecule has 0 atom stereocenters.